The highest BCUT2D eigenvalue weighted by atomic mass is 16.2. The van der Waals surface area contributed by atoms with Crippen molar-refractivity contribution >= 4 is 11.6 Å². The van der Waals surface area contributed by atoms with E-state index in [4.69, 9.17) is 0 Å². The molecule has 2 saturated carbocycles. The molecule has 0 atom stereocenters. The van der Waals surface area contributed by atoms with Crippen molar-refractivity contribution in [1.82, 2.24) is 10.2 Å². The van der Waals surface area contributed by atoms with Crippen molar-refractivity contribution in [2.45, 2.75) is 75.9 Å². The highest BCUT2D eigenvalue weighted by Crippen LogP contribution is 2.29. The molecule has 1 amide bonds. The van der Waals surface area contributed by atoms with Crippen LogP contribution in [-0.4, -0.2) is 36.0 Å². The van der Waals surface area contributed by atoms with Crippen molar-refractivity contribution in [1.29, 1.82) is 5.26 Å². The lowest BCUT2D eigenvalue weighted by molar-refractivity contribution is -0.120. The van der Waals surface area contributed by atoms with Gasteiger partial charge in [0.1, 0.15) is 5.54 Å². The van der Waals surface area contributed by atoms with Gasteiger partial charge in [0, 0.05) is 18.3 Å². The maximum absolute atomic E-state index is 12.4. The molecule has 2 N–H and O–H groups in total. The Morgan fingerprint density at radius 1 is 1.19 bits per heavy atom. The Hall–Kier alpha value is -2.06. The Kier molecular flexibility index (Phi) is 6.73. The molecular formula is C22H32N4O. The third-order valence-corrected chi connectivity index (χ3v) is 6.12. The molecule has 1 aromatic carbocycles. The number of para-hydroxylation sites is 1. The van der Waals surface area contributed by atoms with E-state index in [1.807, 2.05) is 12.1 Å². The lowest BCUT2D eigenvalue weighted by Gasteiger charge is -2.31. The van der Waals surface area contributed by atoms with Gasteiger partial charge >= 0.3 is 0 Å². The molecule has 2 aliphatic rings. The average molecular weight is 369 g/mol. The van der Waals surface area contributed by atoms with Gasteiger partial charge in [-0.05, 0) is 57.2 Å². The topological polar surface area (TPSA) is 68.2 Å². The molecule has 0 saturated heterocycles. The molecule has 1 aromatic rings. The quantitative estimate of drug-likeness (QED) is 0.768. The molecule has 0 aromatic heterocycles. The van der Waals surface area contributed by atoms with Gasteiger partial charge in [-0.1, -0.05) is 37.5 Å². The standard InChI is InChI=1S/C22H32N4O/c1-26(19-10-3-2-4-11-19)16-18-9-5-6-12-20(18)24-15-21(27)25-22(17-23)13-7-8-14-22/h5-6,9,12,19,24H,2-4,7-8,10-11,13-16H2,1H3,(H,25,27). The largest absolute Gasteiger partial charge is 0.376 e. The minimum atomic E-state index is -0.653. The summed E-state index contributed by atoms with van der Waals surface area (Å²) in [6.45, 7) is 1.09. The van der Waals surface area contributed by atoms with E-state index in [0.29, 0.717) is 6.04 Å². The first kappa shape index (κ1) is 19.7. The Morgan fingerprint density at radius 2 is 1.89 bits per heavy atom. The van der Waals surface area contributed by atoms with Gasteiger partial charge in [0.2, 0.25) is 5.91 Å². The Labute approximate surface area is 163 Å². The van der Waals surface area contributed by atoms with Crippen molar-refractivity contribution in [3.05, 3.63) is 29.8 Å². The van der Waals surface area contributed by atoms with Crippen LogP contribution in [0.1, 0.15) is 63.4 Å². The van der Waals surface area contributed by atoms with Crippen LogP contribution >= 0.6 is 0 Å². The average Bonchev–Trinajstić information content (AvgIpc) is 3.17. The van der Waals surface area contributed by atoms with Crippen LogP contribution in [0.25, 0.3) is 0 Å². The maximum atomic E-state index is 12.4. The Balaban J connectivity index is 1.55. The number of benzene rings is 1. The highest BCUT2D eigenvalue weighted by Gasteiger charge is 2.35. The fourth-order valence-electron chi connectivity index (χ4n) is 4.48. The third-order valence-electron chi connectivity index (χ3n) is 6.12. The monoisotopic (exact) mass is 368 g/mol. The zero-order chi connectivity index (χ0) is 19.1. The maximum Gasteiger partial charge on any atom is 0.240 e. The second kappa shape index (κ2) is 9.23. The van der Waals surface area contributed by atoms with Crippen LogP contribution in [0.4, 0.5) is 5.69 Å². The van der Waals surface area contributed by atoms with Gasteiger partial charge in [0.25, 0.3) is 0 Å². The molecule has 5 heteroatoms. The summed E-state index contributed by atoms with van der Waals surface area (Å²) in [4.78, 5) is 14.8. The summed E-state index contributed by atoms with van der Waals surface area (Å²) in [5.74, 6) is -0.103. The number of carbonyl (C=O) groups excluding carboxylic acids is 1. The number of rotatable bonds is 7. The molecule has 2 fully saturated rings. The minimum Gasteiger partial charge on any atom is -0.376 e. The van der Waals surface area contributed by atoms with Crippen LogP contribution in [0.2, 0.25) is 0 Å². The molecule has 27 heavy (non-hydrogen) atoms. The van der Waals surface area contributed by atoms with E-state index in [1.54, 1.807) is 0 Å². The number of nitrogens with one attached hydrogen (secondary N) is 2. The number of anilines is 1. The zero-order valence-electron chi connectivity index (χ0n) is 16.5. The van der Waals surface area contributed by atoms with E-state index in [2.05, 4.69) is 40.8 Å². The summed E-state index contributed by atoms with van der Waals surface area (Å²) in [5.41, 5.74) is 1.57. The smallest absolute Gasteiger partial charge is 0.240 e. The van der Waals surface area contributed by atoms with Crippen LogP contribution in [0.3, 0.4) is 0 Å². The summed E-state index contributed by atoms with van der Waals surface area (Å²) in [6, 6.07) is 11.2. The molecular weight excluding hydrogens is 336 g/mol. The van der Waals surface area contributed by atoms with Gasteiger partial charge < -0.3 is 10.6 Å². The van der Waals surface area contributed by atoms with Crippen LogP contribution < -0.4 is 10.6 Å². The van der Waals surface area contributed by atoms with E-state index in [1.165, 1.54) is 37.7 Å². The number of nitrogens with zero attached hydrogens (tertiary/aromatic N) is 2. The summed E-state index contributed by atoms with van der Waals surface area (Å²) < 4.78 is 0. The molecule has 0 bridgehead atoms. The molecule has 0 heterocycles. The van der Waals surface area contributed by atoms with Gasteiger partial charge in [-0.25, -0.2) is 0 Å². The fourth-order valence-corrected chi connectivity index (χ4v) is 4.48. The summed E-state index contributed by atoms with van der Waals surface area (Å²) >= 11 is 0. The summed E-state index contributed by atoms with van der Waals surface area (Å²) in [5, 5.41) is 15.7. The number of hydrogen-bond donors (Lipinski definition) is 2. The molecule has 0 aliphatic heterocycles. The van der Waals surface area contributed by atoms with Crippen LogP contribution in [0.5, 0.6) is 0 Å². The van der Waals surface area contributed by atoms with Crippen LogP contribution in [0.15, 0.2) is 24.3 Å². The van der Waals surface area contributed by atoms with Gasteiger partial charge in [0.15, 0.2) is 0 Å². The first-order chi connectivity index (χ1) is 13.1. The second-order valence-corrected chi connectivity index (χ2v) is 8.17. The van der Waals surface area contributed by atoms with Gasteiger partial charge in [-0.15, -0.1) is 0 Å². The lowest BCUT2D eigenvalue weighted by atomic mass is 9.94. The van der Waals surface area contributed by atoms with Crippen molar-refractivity contribution in [2.75, 3.05) is 18.9 Å². The SMILES string of the molecule is CN(Cc1ccccc1NCC(=O)NC1(C#N)CCCC1)C1CCCCC1. The predicted molar refractivity (Wildman–Crippen MR) is 108 cm³/mol. The van der Waals surface area contributed by atoms with Crippen LogP contribution in [0, 0.1) is 11.3 Å². The van der Waals surface area contributed by atoms with Gasteiger partial charge in [0.05, 0.1) is 12.6 Å². The van der Waals surface area contributed by atoms with Crippen molar-refractivity contribution in [3.63, 3.8) is 0 Å². The fraction of sp³-hybridized carbons (Fsp3) is 0.636. The molecule has 0 unspecified atom stereocenters. The summed E-state index contributed by atoms with van der Waals surface area (Å²) in [7, 11) is 2.20. The van der Waals surface area contributed by atoms with Crippen molar-refractivity contribution in [3.8, 4) is 6.07 Å². The molecule has 0 radical (unpaired) electrons. The predicted octanol–water partition coefficient (Wildman–Crippen LogP) is 3.82. The number of nitriles is 1. The first-order valence-corrected chi connectivity index (χ1v) is 10.4. The molecule has 5 nitrogen and oxygen atoms in total. The zero-order valence-corrected chi connectivity index (χ0v) is 16.5. The Bertz CT molecular complexity index is 669. The van der Waals surface area contributed by atoms with Crippen LogP contribution in [-0.2, 0) is 11.3 Å². The molecule has 146 valence electrons. The van der Waals surface area contributed by atoms with Crippen molar-refractivity contribution < 1.29 is 4.79 Å². The molecule has 0 spiro atoms. The normalized spacial score (nSPS) is 19.6. The molecule has 3 rings (SSSR count). The minimum absolute atomic E-state index is 0.103. The van der Waals surface area contributed by atoms with Crippen molar-refractivity contribution in [2.24, 2.45) is 0 Å². The third kappa shape index (κ3) is 5.23. The summed E-state index contributed by atoms with van der Waals surface area (Å²) in [6.07, 6.45) is 10.1. The van der Waals surface area contributed by atoms with Gasteiger partial charge in [-0.2, -0.15) is 5.26 Å². The Morgan fingerprint density at radius 3 is 2.59 bits per heavy atom. The van der Waals surface area contributed by atoms with E-state index >= 15 is 0 Å². The number of amides is 1. The van der Waals surface area contributed by atoms with E-state index in [-0.39, 0.29) is 12.5 Å². The number of hydrogen-bond acceptors (Lipinski definition) is 4. The number of carbonyl (C=O) groups is 1. The van der Waals surface area contributed by atoms with E-state index in [9.17, 15) is 10.1 Å². The van der Waals surface area contributed by atoms with E-state index in [0.717, 1.165) is 37.9 Å². The van der Waals surface area contributed by atoms with E-state index < -0.39 is 5.54 Å². The highest BCUT2D eigenvalue weighted by molar-refractivity contribution is 5.82. The molecule has 2 aliphatic carbocycles. The van der Waals surface area contributed by atoms with Gasteiger partial charge in [-0.3, -0.25) is 9.69 Å². The second-order valence-electron chi connectivity index (χ2n) is 8.17. The first-order valence-electron chi connectivity index (χ1n) is 10.4. The lowest BCUT2D eigenvalue weighted by Crippen LogP contribution is -2.47.